The third kappa shape index (κ3) is 4.39. The highest BCUT2D eigenvalue weighted by Gasteiger charge is 2.40. The van der Waals surface area contributed by atoms with E-state index in [2.05, 4.69) is 26.7 Å². The molecule has 7 nitrogen and oxygen atoms in total. The number of piperidine rings is 1. The first-order valence-corrected chi connectivity index (χ1v) is 10.5. The van der Waals surface area contributed by atoms with Crippen molar-refractivity contribution < 1.29 is 9.53 Å². The lowest BCUT2D eigenvalue weighted by molar-refractivity contribution is -0.136. The predicted molar refractivity (Wildman–Crippen MR) is 103 cm³/mol. The molecule has 0 aromatic carbocycles. The Morgan fingerprint density at radius 1 is 1.26 bits per heavy atom. The fraction of sp³-hybridized carbons (Fsp3) is 0.632. The molecule has 146 valence electrons. The number of hydrogen-bond acceptors (Lipinski definition) is 6. The molecule has 2 saturated heterocycles. The maximum absolute atomic E-state index is 12.9. The summed E-state index contributed by atoms with van der Waals surface area (Å²) in [4.78, 5) is 17.2. The predicted octanol–water partition coefficient (Wildman–Crippen LogP) is 2.14. The lowest BCUT2D eigenvalue weighted by atomic mass is 9.87. The van der Waals surface area contributed by atoms with Gasteiger partial charge in [0.05, 0.1) is 30.9 Å². The van der Waals surface area contributed by atoms with E-state index in [1.165, 1.54) is 17.1 Å². The number of carbonyl (C=O) groups excluding carboxylic acids is 1. The summed E-state index contributed by atoms with van der Waals surface area (Å²) >= 11 is 1.50. The summed E-state index contributed by atoms with van der Waals surface area (Å²) in [6.45, 7) is 7.59. The van der Waals surface area contributed by atoms with Gasteiger partial charge in [-0.1, -0.05) is 0 Å². The molecule has 2 aliphatic heterocycles. The third-order valence-corrected chi connectivity index (χ3v) is 6.26. The van der Waals surface area contributed by atoms with Gasteiger partial charge in [0.1, 0.15) is 0 Å². The third-order valence-electron chi connectivity index (χ3n) is 5.63. The minimum Gasteiger partial charge on any atom is -0.373 e. The van der Waals surface area contributed by atoms with Crippen molar-refractivity contribution in [3.63, 3.8) is 0 Å². The minimum absolute atomic E-state index is 0.189. The van der Waals surface area contributed by atoms with Gasteiger partial charge in [0.15, 0.2) is 0 Å². The highest BCUT2D eigenvalue weighted by molar-refractivity contribution is 7.03. The van der Waals surface area contributed by atoms with Crippen LogP contribution in [0.25, 0.3) is 0 Å². The molecule has 0 atom stereocenters. The van der Waals surface area contributed by atoms with Crippen LogP contribution in [-0.2, 0) is 29.2 Å². The molecule has 27 heavy (non-hydrogen) atoms. The molecule has 2 aliphatic rings. The number of rotatable bonds is 5. The largest absolute Gasteiger partial charge is 0.373 e. The first-order chi connectivity index (χ1) is 13.2. The number of likely N-dealkylation sites (tertiary alicyclic amines) is 1. The summed E-state index contributed by atoms with van der Waals surface area (Å²) < 4.78 is 12.3. The molecule has 2 aromatic rings. The SMILES string of the molecule is CCn1ccc(CN2CCOC3(CCN(Cc4cnsc4)CC3)CC2=O)n1. The number of aryl methyl sites for hydroxylation is 1. The summed E-state index contributed by atoms with van der Waals surface area (Å²) in [5.74, 6) is 0.189. The van der Waals surface area contributed by atoms with Gasteiger partial charge in [-0.25, -0.2) is 4.37 Å². The van der Waals surface area contributed by atoms with Crippen molar-refractivity contribution in [2.75, 3.05) is 26.2 Å². The molecule has 0 unspecified atom stereocenters. The van der Waals surface area contributed by atoms with Crippen molar-refractivity contribution >= 4 is 17.4 Å². The number of aromatic nitrogens is 3. The fourth-order valence-electron chi connectivity index (χ4n) is 3.97. The first kappa shape index (κ1) is 18.6. The second kappa shape index (κ2) is 8.08. The smallest absolute Gasteiger partial charge is 0.225 e. The van der Waals surface area contributed by atoms with Gasteiger partial charge in [0, 0.05) is 50.5 Å². The van der Waals surface area contributed by atoms with Crippen LogP contribution in [0.1, 0.15) is 37.4 Å². The van der Waals surface area contributed by atoms with Gasteiger partial charge in [0.25, 0.3) is 0 Å². The molecule has 4 heterocycles. The zero-order valence-corrected chi connectivity index (χ0v) is 16.7. The monoisotopic (exact) mass is 389 g/mol. The van der Waals surface area contributed by atoms with E-state index >= 15 is 0 Å². The molecule has 1 spiro atoms. The lowest BCUT2D eigenvalue weighted by Gasteiger charge is -2.40. The summed E-state index contributed by atoms with van der Waals surface area (Å²) in [6.07, 6.45) is 6.21. The Bertz CT molecular complexity index is 752. The first-order valence-electron chi connectivity index (χ1n) is 9.70. The normalized spacial score (nSPS) is 20.9. The standard InChI is InChI=1S/C19H27N5O2S/c1-2-24-6-3-17(21-24)14-23-9-10-26-19(11-18(23)25)4-7-22(8-5-19)13-16-12-20-27-15-16/h3,6,12,15H,2,4-5,7-11,13-14H2,1H3. The summed E-state index contributed by atoms with van der Waals surface area (Å²) in [5, 5.41) is 6.61. The Morgan fingerprint density at radius 2 is 2.11 bits per heavy atom. The molecule has 0 aliphatic carbocycles. The van der Waals surface area contributed by atoms with Gasteiger partial charge in [-0.2, -0.15) is 5.10 Å². The number of amides is 1. The number of hydrogen-bond donors (Lipinski definition) is 0. The molecular weight excluding hydrogens is 362 g/mol. The molecular formula is C19H27N5O2S. The Hall–Kier alpha value is -1.77. The average molecular weight is 390 g/mol. The minimum atomic E-state index is -0.294. The van der Waals surface area contributed by atoms with E-state index in [0.29, 0.717) is 26.1 Å². The van der Waals surface area contributed by atoms with Crippen molar-refractivity contribution in [2.45, 2.75) is 51.4 Å². The summed E-state index contributed by atoms with van der Waals surface area (Å²) in [6, 6.07) is 2.00. The number of carbonyl (C=O) groups is 1. The van der Waals surface area contributed by atoms with Crippen LogP contribution in [0.2, 0.25) is 0 Å². The number of nitrogens with zero attached hydrogens (tertiary/aromatic N) is 5. The summed E-state index contributed by atoms with van der Waals surface area (Å²) in [7, 11) is 0. The van der Waals surface area contributed by atoms with Gasteiger partial charge in [-0.15, -0.1) is 0 Å². The second-order valence-electron chi connectivity index (χ2n) is 7.50. The Balaban J connectivity index is 1.33. The van der Waals surface area contributed by atoms with Crippen LogP contribution in [0.4, 0.5) is 0 Å². The maximum Gasteiger partial charge on any atom is 0.225 e. The van der Waals surface area contributed by atoms with Crippen molar-refractivity contribution in [1.82, 2.24) is 24.0 Å². The summed E-state index contributed by atoms with van der Waals surface area (Å²) in [5.41, 5.74) is 1.92. The number of ether oxygens (including phenoxy) is 1. The highest BCUT2D eigenvalue weighted by atomic mass is 32.1. The van der Waals surface area contributed by atoms with Gasteiger partial charge < -0.3 is 9.64 Å². The van der Waals surface area contributed by atoms with Crippen molar-refractivity contribution in [3.8, 4) is 0 Å². The molecule has 0 radical (unpaired) electrons. The van der Waals surface area contributed by atoms with E-state index in [1.807, 2.05) is 28.0 Å². The zero-order chi connectivity index (χ0) is 18.7. The van der Waals surface area contributed by atoms with Crippen LogP contribution >= 0.6 is 11.5 Å². The molecule has 0 saturated carbocycles. The Morgan fingerprint density at radius 3 is 2.81 bits per heavy atom. The van der Waals surface area contributed by atoms with E-state index in [1.54, 1.807) is 0 Å². The molecule has 2 aromatic heterocycles. The van der Waals surface area contributed by atoms with E-state index in [9.17, 15) is 4.79 Å². The van der Waals surface area contributed by atoms with Crippen LogP contribution in [0, 0.1) is 0 Å². The van der Waals surface area contributed by atoms with Gasteiger partial charge in [-0.05, 0) is 42.9 Å². The molecule has 0 N–H and O–H groups in total. The van der Waals surface area contributed by atoms with Gasteiger partial charge >= 0.3 is 0 Å². The topological polar surface area (TPSA) is 63.5 Å². The van der Waals surface area contributed by atoms with Crippen molar-refractivity contribution in [1.29, 1.82) is 0 Å². The lowest BCUT2D eigenvalue weighted by Crippen LogP contribution is -2.47. The van der Waals surface area contributed by atoms with E-state index in [4.69, 9.17) is 4.74 Å². The van der Waals surface area contributed by atoms with Crippen molar-refractivity contribution in [3.05, 3.63) is 35.1 Å². The average Bonchev–Trinajstić information content (AvgIpc) is 3.32. The molecule has 4 rings (SSSR count). The Kier molecular flexibility index (Phi) is 5.56. The van der Waals surface area contributed by atoms with Gasteiger partial charge in [-0.3, -0.25) is 14.4 Å². The van der Waals surface area contributed by atoms with Crippen LogP contribution in [0.3, 0.4) is 0 Å². The quantitative estimate of drug-likeness (QED) is 0.784. The second-order valence-corrected chi connectivity index (χ2v) is 8.15. The van der Waals surface area contributed by atoms with E-state index < -0.39 is 0 Å². The van der Waals surface area contributed by atoms with Crippen LogP contribution < -0.4 is 0 Å². The van der Waals surface area contributed by atoms with Crippen LogP contribution in [0.15, 0.2) is 23.8 Å². The Labute approximate surface area is 164 Å². The van der Waals surface area contributed by atoms with Gasteiger partial charge in [0.2, 0.25) is 5.91 Å². The molecule has 8 heteroatoms. The maximum atomic E-state index is 12.9. The highest BCUT2D eigenvalue weighted by Crippen LogP contribution is 2.33. The zero-order valence-electron chi connectivity index (χ0n) is 15.8. The van der Waals surface area contributed by atoms with E-state index in [0.717, 1.165) is 44.7 Å². The van der Waals surface area contributed by atoms with Crippen LogP contribution in [-0.4, -0.2) is 61.7 Å². The fourth-order valence-corrected chi connectivity index (χ4v) is 4.49. The molecule has 2 fully saturated rings. The van der Waals surface area contributed by atoms with E-state index in [-0.39, 0.29) is 11.5 Å². The van der Waals surface area contributed by atoms with Crippen LogP contribution in [0.5, 0.6) is 0 Å². The molecule has 0 bridgehead atoms. The molecule has 1 amide bonds. The van der Waals surface area contributed by atoms with Crippen molar-refractivity contribution in [2.24, 2.45) is 0 Å².